The average Bonchev–Trinajstić information content (AvgIpc) is 2.32. The Bertz CT molecular complexity index is 411. The molecule has 0 aromatic heterocycles. The molecule has 0 saturated carbocycles. The molecule has 5 heteroatoms. The predicted molar refractivity (Wildman–Crippen MR) is 79.8 cm³/mol. The van der Waals surface area contributed by atoms with Crippen molar-refractivity contribution in [2.75, 3.05) is 19.6 Å². The molecule has 1 aliphatic rings. The molecule has 1 aromatic rings. The Morgan fingerprint density at radius 3 is 2.26 bits per heavy atom. The van der Waals surface area contributed by atoms with Crippen molar-refractivity contribution in [1.29, 1.82) is 0 Å². The smallest absolute Gasteiger partial charge is 0.0678 e. The van der Waals surface area contributed by atoms with Gasteiger partial charge in [-0.1, -0.05) is 29.3 Å². The molecule has 19 heavy (non-hydrogen) atoms. The Morgan fingerprint density at radius 2 is 1.79 bits per heavy atom. The van der Waals surface area contributed by atoms with Crippen LogP contribution in [0.5, 0.6) is 0 Å². The fourth-order valence-electron chi connectivity index (χ4n) is 2.75. The second-order valence-corrected chi connectivity index (χ2v) is 5.91. The largest absolute Gasteiger partial charge is 0.373 e. The minimum Gasteiger partial charge on any atom is -0.373 e. The molecule has 0 spiro atoms. The highest BCUT2D eigenvalue weighted by atomic mass is 35.5. The van der Waals surface area contributed by atoms with E-state index in [2.05, 4.69) is 18.7 Å². The van der Waals surface area contributed by atoms with Crippen LogP contribution < -0.4 is 5.73 Å². The summed E-state index contributed by atoms with van der Waals surface area (Å²) in [5, 5.41) is 1.35. The van der Waals surface area contributed by atoms with Crippen molar-refractivity contribution in [2.24, 2.45) is 5.73 Å². The summed E-state index contributed by atoms with van der Waals surface area (Å²) in [5.41, 5.74) is 6.89. The minimum absolute atomic E-state index is 0.0370. The van der Waals surface area contributed by atoms with Gasteiger partial charge in [-0.2, -0.15) is 0 Å². The van der Waals surface area contributed by atoms with E-state index in [1.165, 1.54) is 0 Å². The highest BCUT2D eigenvalue weighted by molar-refractivity contribution is 6.36. The molecular weight excluding hydrogens is 283 g/mol. The van der Waals surface area contributed by atoms with Crippen LogP contribution in [-0.4, -0.2) is 36.7 Å². The summed E-state index contributed by atoms with van der Waals surface area (Å²) >= 11 is 12.6. The van der Waals surface area contributed by atoms with Crippen LogP contribution in [0.2, 0.25) is 10.0 Å². The van der Waals surface area contributed by atoms with Gasteiger partial charge in [0, 0.05) is 35.2 Å². The third kappa shape index (κ3) is 3.41. The summed E-state index contributed by atoms with van der Waals surface area (Å²) < 4.78 is 5.76. The zero-order valence-electron chi connectivity index (χ0n) is 11.3. The minimum atomic E-state index is 0.0370. The highest BCUT2D eigenvalue weighted by Crippen LogP contribution is 2.34. The number of nitrogens with zero attached hydrogens (tertiary/aromatic N) is 1. The van der Waals surface area contributed by atoms with Gasteiger partial charge >= 0.3 is 0 Å². The van der Waals surface area contributed by atoms with E-state index in [0.717, 1.165) is 18.7 Å². The molecule has 3 atom stereocenters. The molecule has 106 valence electrons. The second kappa shape index (κ2) is 6.42. The fourth-order valence-corrected chi connectivity index (χ4v) is 3.40. The fraction of sp³-hybridized carbons (Fsp3) is 0.571. The lowest BCUT2D eigenvalue weighted by Gasteiger charge is -2.40. The third-order valence-corrected chi connectivity index (χ3v) is 4.10. The molecule has 1 saturated heterocycles. The summed E-state index contributed by atoms with van der Waals surface area (Å²) in [7, 11) is 0. The van der Waals surface area contributed by atoms with Crippen LogP contribution in [0.3, 0.4) is 0 Å². The van der Waals surface area contributed by atoms with E-state index in [1.54, 1.807) is 0 Å². The van der Waals surface area contributed by atoms with Gasteiger partial charge in [0.15, 0.2) is 0 Å². The average molecular weight is 303 g/mol. The van der Waals surface area contributed by atoms with Gasteiger partial charge in [-0.05, 0) is 26.0 Å². The van der Waals surface area contributed by atoms with Gasteiger partial charge in [-0.3, -0.25) is 4.90 Å². The number of hydrogen-bond acceptors (Lipinski definition) is 3. The number of nitrogens with two attached hydrogens (primary N) is 1. The molecule has 0 amide bonds. The van der Waals surface area contributed by atoms with Crippen molar-refractivity contribution in [3.05, 3.63) is 33.8 Å². The van der Waals surface area contributed by atoms with E-state index in [0.29, 0.717) is 16.6 Å². The molecule has 0 radical (unpaired) electrons. The first kappa shape index (κ1) is 15.1. The molecule has 0 bridgehead atoms. The van der Waals surface area contributed by atoms with Gasteiger partial charge in [-0.25, -0.2) is 0 Å². The molecule has 1 heterocycles. The molecular formula is C14H20Cl2N2O. The van der Waals surface area contributed by atoms with Crippen molar-refractivity contribution < 1.29 is 4.74 Å². The highest BCUT2D eigenvalue weighted by Gasteiger charge is 2.30. The van der Waals surface area contributed by atoms with Gasteiger partial charge in [0.05, 0.1) is 18.2 Å². The van der Waals surface area contributed by atoms with Crippen molar-refractivity contribution in [2.45, 2.75) is 32.1 Å². The maximum absolute atomic E-state index is 6.30. The van der Waals surface area contributed by atoms with Crippen LogP contribution in [0, 0.1) is 0 Å². The molecule has 2 N–H and O–H groups in total. The van der Waals surface area contributed by atoms with E-state index in [9.17, 15) is 0 Å². The topological polar surface area (TPSA) is 38.5 Å². The van der Waals surface area contributed by atoms with Crippen LogP contribution in [0.1, 0.15) is 25.5 Å². The van der Waals surface area contributed by atoms with E-state index >= 15 is 0 Å². The van der Waals surface area contributed by atoms with Crippen molar-refractivity contribution in [1.82, 2.24) is 4.90 Å². The normalized spacial score (nSPS) is 26.4. The summed E-state index contributed by atoms with van der Waals surface area (Å²) in [6, 6.07) is 5.61. The molecule has 3 nitrogen and oxygen atoms in total. The molecule has 1 aliphatic heterocycles. The molecule has 1 unspecified atom stereocenters. The number of morpholine rings is 1. The summed E-state index contributed by atoms with van der Waals surface area (Å²) in [6.07, 6.45) is 0.387. The van der Waals surface area contributed by atoms with Gasteiger partial charge in [0.2, 0.25) is 0 Å². The summed E-state index contributed by atoms with van der Waals surface area (Å²) in [5.74, 6) is 0. The van der Waals surface area contributed by atoms with Crippen LogP contribution >= 0.6 is 23.2 Å². The van der Waals surface area contributed by atoms with Crippen molar-refractivity contribution in [3.8, 4) is 0 Å². The van der Waals surface area contributed by atoms with E-state index in [-0.39, 0.29) is 18.2 Å². The van der Waals surface area contributed by atoms with E-state index in [4.69, 9.17) is 33.7 Å². The van der Waals surface area contributed by atoms with Crippen LogP contribution in [0.15, 0.2) is 18.2 Å². The first-order chi connectivity index (χ1) is 9.02. The lowest BCUT2D eigenvalue weighted by molar-refractivity contribution is -0.0799. The first-order valence-electron chi connectivity index (χ1n) is 6.56. The number of rotatable bonds is 3. The zero-order chi connectivity index (χ0) is 14.0. The van der Waals surface area contributed by atoms with Crippen molar-refractivity contribution in [3.63, 3.8) is 0 Å². The SMILES string of the molecule is C[C@@H]1CN(C(CN)c2c(Cl)cccc2Cl)C[C@H](C)O1. The van der Waals surface area contributed by atoms with Crippen LogP contribution in [-0.2, 0) is 4.74 Å². The Morgan fingerprint density at radius 1 is 1.26 bits per heavy atom. The van der Waals surface area contributed by atoms with E-state index < -0.39 is 0 Å². The lowest BCUT2D eigenvalue weighted by Crippen LogP contribution is -2.48. The van der Waals surface area contributed by atoms with Crippen LogP contribution in [0.25, 0.3) is 0 Å². The molecule has 0 aliphatic carbocycles. The molecule has 1 aromatic carbocycles. The number of benzene rings is 1. The quantitative estimate of drug-likeness (QED) is 0.932. The number of halogens is 2. The van der Waals surface area contributed by atoms with Crippen molar-refractivity contribution >= 4 is 23.2 Å². The summed E-state index contributed by atoms with van der Waals surface area (Å²) in [6.45, 7) is 6.32. The first-order valence-corrected chi connectivity index (χ1v) is 7.32. The van der Waals surface area contributed by atoms with Gasteiger partial charge in [0.25, 0.3) is 0 Å². The second-order valence-electron chi connectivity index (χ2n) is 5.10. The van der Waals surface area contributed by atoms with Crippen LogP contribution in [0.4, 0.5) is 0 Å². The third-order valence-electron chi connectivity index (χ3n) is 3.44. The monoisotopic (exact) mass is 302 g/mol. The molecule has 1 fully saturated rings. The zero-order valence-corrected chi connectivity index (χ0v) is 12.8. The van der Waals surface area contributed by atoms with E-state index in [1.807, 2.05) is 18.2 Å². The maximum atomic E-state index is 6.30. The predicted octanol–water partition coefficient (Wildman–Crippen LogP) is 3.10. The summed E-state index contributed by atoms with van der Waals surface area (Å²) in [4.78, 5) is 2.31. The van der Waals surface area contributed by atoms with Gasteiger partial charge < -0.3 is 10.5 Å². The number of hydrogen-bond donors (Lipinski definition) is 1. The molecule has 2 rings (SSSR count). The Kier molecular flexibility index (Phi) is 5.09. The van der Waals surface area contributed by atoms with Gasteiger partial charge in [-0.15, -0.1) is 0 Å². The Labute approximate surface area is 124 Å². The Balaban J connectivity index is 2.29. The van der Waals surface area contributed by atoms with Gasteiger partial charge in [0.1, 0.15) is 0 Å². The lowest BCUT2D eigenvalue weighted by atomic mass is 10.0. The maximum Gasteiger partial charge on any atom is 0.0678 e. The number of ether oxygens (including phenoxy) is 1. The Hall–Kier alpha value is -0.320. The standard InChI is InChI=1S/C14H20Cl2N2O/c1-9-7-18(8-10(2)19-9)13(6-17)14-11(15)4-3-5-12(14)16/h3-5,9-10,13H,6-8,17H2,1-2H3/t9-,10+,13?.